The van der Waals surface area contributed by atoms with Crippen molar-refractivity contribution >= 4 is 50.7 Å². The van der Waals surface area contributed by atoms with Crippen LogP contribution >= 0.6 is 23.2 Å². The van der Waals surface area contributed by atoms with Crippen LogP contribution in [0.4, 0.5) is 5.69 Å². The number of amides is 2. The first-order valence-corrected chi connectivity index (χ1v) is 17.2. The highest BCUT2D eigenvalue weighted by molar-refractivity contribution is 7.92. The van der Waals surface area contributed by atoms with Gasteiger partial charge in [-0.25, -0.2) is 8.42 Å². The second kappa shape index (κ2) is 15.6. The number of ether oxygens (including phenoxy) is 1. The molecule has 4 rings (SSSR count). The SMILES string of the molecule is CCOc1ccc(N(CC(=O)N(Cc2c(Cl)cccc2Cl)[C@H](CC)C(=O)NC2CCCCC2)S(=O)(=O)c2ccccc2)cc1. The molecule has 1 saturated carbocycles. The number of halogens is 2. The number of anilines is 1. The molecule has 44 heavy (non-hydrogen) atoms. The van der Waals surface area contributed by atoms with Gasteiger partial charge in [0.25, 0.3) is 10.0 Å². The fourth-order valence-electron chi connectivity index (χ4n) is 5.44. The molecule has 1 atom stereocenters. The predicted molar refractivity (Wildman–Crippen MR) is 175 cm³/mol. The maximum atomic E-state index is 14.3. The molecule has 0 aliphatic heterocycles. The minimum atomic E-state index is -4.18. The molecule has 0 spiro atoms. The van der Waals surface area contributed by atoms with Crippen molar-refractivity contribution in [2.75, 3.05) is 17.5 Å². The van der Waals surface area contributed by atoms with E-state index >= 15 is 0 Å². The number of hydrogen-bond acceptors (Lipinski definition) is 5. The van der Waals surface area contributed by atoms with E-state index in [2.05, 4.69) is 5.32 Å². The Hall–Kier alpha value is -3.27. The van der Waals surface area contributed by atoms with Crippen LogP contribution in [0.2, 0.25) is 10.0 Å². The molecule has 8 nitrogen and oxygen atoms in total. The van der Waals surface area contributed by atoms with Crippen LogP contribution < -0.4 is 14.4 Å². The van der Waals surface area contributed by atoms with Crippen LogP contribution in [-0.2, 0) is 26.2 Å². The van der Waals surface area contributed by atoms with E-state index in [4.69, 9.17) is 27.9 Å². The van der Waals surface area contributed by atoms with Crippen molar-refractivity contribution in [3.05, 3.63) is 88.4 Å². The molecule has 1 aliphatic carbocycles. The van der Waals surface area contributed by atoms with E-state index in [0.29, 0.717) is 34.4 Å². The van der Waals surface area contributed by atoms with Crippen molar-refractivity contribution < 1.29 is 22.7 Å². The Morgan fingerprint density at radius 3 is 2.14 bits per heavy atom. The van der Waals surface area contributed by atoms with Gasteiger partial charge in [0.15, 0.2) is 0 Å². The first kappa shape index (κ1) is 33.6. The average Bonchev–Trinajstić information content (AvgIpc) is 3.02. The average molecular weight is 661 g/mol. The molecule has 1 N–H and O–H groups in total. The number of carbonyl (C=O) groups excluding carboxylic acids is 2. The molecule has 1 fully saturated rings. The van der Waals surface area contributed by atoms with Crippen LogP contribution in [0.15, 0.2) is 77.7 Å². The van der Waals surface area contributed by atoms with Crippen LogP contribution in [0.1, 0.15) is 57.9 Å². The van der Waals surface area contributed by atoms with E-state index in [1.807, 2.05) is 13.8 Å². The molecule has 0 unspecified atom stereocenters. The van der Waals surface area contributed by atoms with Gasteiger partial charge in [-0.1, -0.05) is 73.7 Å². The van der Waals surface area contributed by atoms with Gasteiger partial charge < -0.3 is 15.0 Å². The number of hydrogen-bond donors (Lipinski definition) is 1. The summed E-state index contributed by atoms with van der Waals surface area (Å²) in [4.78, 5) is 29.5. The van der Waals surface area contributed by atoms with Gasteiger partial charge in [0, 0.05) is 28.2 Å². The minimum Gasteiger partial charge on any atom is -0.494 e. The summed E-state index contributed by atoms with van der Waals surface area (Å²) in [6.45, 7) is 3.50. The smallest absolute Gasteiger partial charge is 0.264 e. The van der Waals surface area contributed by atoms with Gasteiger partial charge in [-0.15, -0.1) is 0 Å². The molecule has 0 saturated heterocycles. The molecule has 1 aliphatic rings. The van der Waals surface area contributed by atoms with Gasteiger partial charge in [-0.3, -0.25) is 13.9 Å². The van der Waals surface area contributed by atoms with E-state index in [-0.39, 0.29) is 29.1 Å². The summed E-state index contributed by atoms with van der Waals surface area (Å²) in [6.07, 6.45) is 5.28. The van der Waals surface area contributed by atoms with E-state index in [1.165, 1.54) is 17.0 Å². The summed E-state index contributed by atoms with van der Waals surface area (Å²) in [5, 5.41) is 3.83. The third kappa shape index (κ3) is 8.25. The molecule has 0 heterocycles. The quantitative estimate of drug-likeness (QED) is 0.217. The van der Waals surface area contributed by atoms with Gasteiger partial charge in [-0.05, 0) is 74.7 Å². The zero-order valence-corrected chi connectivity index (χ0v) is 27.4. The summed E-state index contributed by atoms with van der Waals surface area (Å²) in [7, 11) is -4.18. The number of nitrogens with zero attached hydrogens (tertiary/aromatic N) is 2. The molecule has 11 heteroatoms. The molecule has 2 amide bonds. The second-order valence-corrected chi connectivity index (χ2v) is 13.4. The van der Waals surface area contributed by atoms with Gasteiger partial charge in [0.1, 0.15) is 18.3 Å². The second-order valence-electron chi connectivity index (χ2n) is 10.7. The maximum absolute atomic E-state index is 14.3. The lowest BCUT2D eigenvalue weighted by molar-refractivity contribution is -0.140. The lowest BCUT2D eigenvalue weighted by atomic mass is 9.95. The van der Waals surface area contributed by atoms with Gasteiger partial charge in [-0.2, -0.15) is 0 Å². The number of sulfonamides is 1. The molecule has 0 bridgehead atoms. The summed E-state index contributed by atoms with van der Waals surface area (Å²) in [6, 6.07) is 18.6. The number of nitrogens with one attached hydrogen (secondary N) is 1. The standard InChI is InChI=1S/C33H39Cl2N3O5S/c1-3-31(33(40)36-24-12-7-5-8-13-24)37(22-28-29(34)16-11-17-30(28)35)32(39)23-38(25-18-20-26(21-19-25)43-4-2)44(41,42)27-14-9-6-10-15-27/h6,9-11,14-21,24,31H,3-5,7-8,12-13,22-23H2,1-2H3,(H,36,40)/t31-/m1/s1. The van der Waals surface area contributed by atoms with Crippen molar-refractivity contribution in [1.82, 2.24) is 10.2 Å². The minimum absolute atomic E-state index is 0.0319. The Kier molecular flexibility index (Phi) is 11.9. The van der Waals surface area contributed by atoms with E-state index in [1.54, 1.807) is 60.7 Å². The normalized spacial score (nSPS) is 14.5. The largest absolute Gasteiger partial charge is 0.494 e. The van der Waals surface area contributed by atoms with Gasteiger partial charge >= 0.3 is 0 Å². The topological polar surface area (TPSA) is 96.0 Å². The van der Waals surface area contributed by atoms with Crippen molar-refractivity contribution in [3.8, 4) is 5.75 Å². The van der Waals surface area contributed by atoms with E-state index in [0.717, 1.165) is 36.4 Å². The Labute approximate surface area is 270 Å². The van der Waals surface area contributed by atoms with Crippen LogP contribution in [0.5, 0.6) is 5.75 Å². The fourth-order valence-corrected chi connectivity index (χ4v) is 7.39. The highest BCUT2D eigenvalue weighted by Gasteiger charge is 2.35. The van der Waals surface area contributed by atoms with Crippen molar-refractivity contribution in [3.63, 3.8) is 0 Å². The first-order chi connectivity index (χ1) is 21.1. The van der Waals surface area contributed by atoms with Crippen molar-refractivity contribution in [1.29, 1.82) is 0 Å². The van der Waals surface area contributed by atoms with E-state index in [9.17, 15) is 18.0 Å². The monoisotopic (exact) mass is 659 g/mol. The number of rotatable bonds is 13. The fraction of sp³-hybridized carbons (Fsp3) is 0.394. The van der Waals surface area contributed by atoms with Crippen LogP contribution in [0.3, 0.4) is 0 Å². The molecule has 3 aromatic carbocycles. The highest BCUT2D eigenvalue weighted by atomic mass is 35.5. The first-order valence-electron chi connectivity index (χ1n) is 15.0. The predicted octanol–water partition coefficient (Wildman–Crippen LogP) is 6.84. The van der Waals surface area contributed by atoms with Gasteiger partial charge in [0.05, 0.1) is 17.2 Å². The number of carbonyl (C=O) groups is 2. The highest BCUT2D eigenvalue weighted by Crippen LogP contribution is 2.30. The zero-order chi connectivity index (χ0) is 31.7. The number of benzene rings is 3. The summed E-state index contributed by atoms with van der Waals surface area (Å²) in [5.41, 5.74) is 0.757. The molecular formula is C33H39Cl2N3O5S. The van der Waals surface area contributed by atoms with Crippen LogP contribution in [-0.4, -0.2) is 50.4 Å². The van der Waals surface area contributed by atoms with Crippen molar-refractivity contribution in [2.45, 2.75) is 75.9 Å². The molecular weight excluding hydrogens is 621 g/mol. The Morgan fingerprint density at radius 1 is 0.909 bits per heavy atom. The summed E-state index contributed by atoms with van der Waals surface area (Å²) >= 11 is 13.0. The van der Waals surface area contributed by atoms with Gasteiger partial charge in [0.2, 0.25) is 11.8 Å². The Bertz CT molecular complexity index is 1490. The zero-order valence-electron chi connectivity index (χ0n) is 25.0. The third-order valence-electron chi connectivity index (χ3n) is 7.77. The van der Waals surface area contributed by atoms with Crippen LogP contribution in [0, 0.1) is 0 Å². The molecule has 0 aromatic heterocycles. The van der Waals surface area contributed by atoms with Crippen molar-refractivity contribution in [2.24, 2.45) is 0 Å². The summed E-state index contributed by atoms with van der Waals surface area (Å²) < 4.78 is 34.6. The molecule has 0 radical (unpaired) electrons. The third-order valence-corrected chi connectivity index (χ3v) is 10.3. The molecule has 3 aromatic rings. The molecule has 236 valence electrons. The lowest BCUT2D eigenvalue weighted by Gasteiger charge is -2.34. The Balaban J connectivity index is 1.73. The summed E-state index contributed by atoms with van der Waals surface area (Å²) in [5.74, 6) is -0.283. The Morgan fingerprint density at radius 2 is 1.55 bits per heavy atom. The van der Waals surface area contributed by atoms with Crippen LogP contribution in [0.25, 0.3) is 0 Å². The maximum Gasteiger partial charge on any atom is 0.264 e. The van der Waals surface area contributed by atoms with E-state index < -0.39 is 28.5 Å². The lowest BCUT2D eigenvalue weighted by Crippen LogP contribution is -2.54.